The van der Waals surface area contributed by atoms with E-state index in [1.807, 2.05) is 13.8 Å². The second-order valence-corrected chi connectivity index (χ2v) is 6.96. The average Bonchev–Trinajstić information content (AvgIpc) is 3.21. The third-order valence-electron chi connectivity index (χ3n) is 5.27. The van der Waals surface area contributed by atoms with Gasteiger partial charge < -0.3 is 14.7 Å². The maximum Gasteiger partial charge on any atom is 0.194 e. The van der Waals surface area contributed by atoms with E-state index in [0.29, 0.717) is 12.6 Å². The van der Waals surface area contributed by atoms with Gasteiger partial charge in [-0.1, -0.05) is 11.6 Å². The van der Waals surface area contributed by atoms with Crippen LogP contribution in [-0.4, -0.2) is 59.7 Å². The monoisotopic (exact) mass is 461 g/mol. The molecule has 2 aliphatic rings. The Morgan fingerprint density at radius 1 is 1.24 bits per heavy atom. The highest BCUT2D eigenvalue weighted by atomic mass is 127. The Morgan fingerprint density at radius 2 is 2.00 bits per heavy atom. The molecule has 0 saturated carbocycles. The van der Waals surface area contributed by atoms with Crippen LogP contribution < -0.4 is 5.32 Å². The minimum atomic E-state index is 0. The summed E-state index contributed by atoms with van der Waals surface area (Å²) in [6.07, 6.45) is 5.36. The Morgan fingerprint density at radius 3 is 2.64 bits per heavy atom. The summed E-state index contributed by atoms with van der Waals surface area (Å²) in [4.78, 5) is 9.95. The van der Waals surface area contributed by atoms with Crippen LogP contribution in [0.25, 0.3) is 0 Å². The Hall–Kier alpha value is -0.830. The number of aromatic nitrogens is 1. The molecule has 1 unspecified atom stereocenters. The van der Waals surface area contributed by atoms with E-state index in [0.717, 1.165) is 42.6 Å². The fourth-order valence-electron chi connectivity index (χ4n) is 3.82. The number of aliphatic imine (C=N–C) groups is 1. The lowest BCUT2D eigenvalue weighted by atomic mass is 10.1. The second kappa shape index (κ2) is 9.75. The molecule has 0 amide bonds. The van der Waals surface area contributed by atoms with Crippen LogP contribution in [0.4, 0.5) is 0 Å². The van der Waals surface area contributed by atoms with Crippen molar-refractivity contribution in [1.29, 1.82) is 0 Å². The maximum atomic E-state index is 5.25. The van der Waals surface area contributed by atoms with E-state index in [-0.39, 0.29) is 24.0 Å². The van der Waals surface area contributed by atoms with Crippen molar-refractivity contribution < 1.29 is 4.52 Å². The van der Waals surface area contributed by atoms with E-state index in [1.165, 1.54) is 38.8 Å². The molecule has 0 aliphatic carbocycles. The molecule has 3 rings (SSSR count). The highest BCUT2D eigenvalue weighted by Gasteiger charge is 2.30. The normalized spacial score (nSPS) is 22.1. The molecule has 1 aromatic heterocycles. The molecule has 1 aromatic rings. The van der Waals surface area contributed by atoms with Crippen LogP contribution in [0, 0.1) is 13.8 Å². The lowest BCUT2D eigenvalue weighted by Gasteiger charge is -2.32. The minimum absolute atomic E-state index is 0. The zero-order valence-electron chi connectivity index (χ0n) is 15.8. The molecule has 2 saturated heterocycles. The first-order valence-corrected chi connectivity index (χ1v) is 9.38. The van der Waals surface area contributed by atoms with Gasteiger partial charge in [-0.15, -0.1) is 24.0 Å². The summed E-state index contributed by atoms with van der Waals surface area (Å²) in [7, 11) is 0. The van der Waals surface area contributed by atoms with Gasteiger partial charge >= 0.3 is 0 Å². The molecule has 2 aliphatic heterocycles. The van der Waals surface area contributed by atoms with Crippen molar-refractivity contribution >= 4 is 29.9 Å². The van der Waals surface area contributed by atoms with E-state index in [9.17, 15) is 0 Å². The highest BCUT2D eigenvalue weighted by Crippen LogP contribution is 2.21. The summed E-state index contributed by atoms with van der Waals surface area (Å²) in [5.74, 6) is 1.90. The second-order valence-electron chi connectivity index (χ2n) is 6.96. The number of rotatable bonds is 4. The molecule has 142 valence electrons. The zero-order valence-corrected chi connectivity index (χ0v) is 18.1. The molecular weight excluding hydrogens is 429 g/mol. The first-order chi connectivity index (χ1) is 11.7. The molecule has 25 heavy (non-hydrogen) atoms. The van der Waals surface area contributed by atoms with Crippen molar-refractivity contribution in [3.63, 3.8) is 0 Å². The van der Waals surface area contributed by atoms with Gasteiger partial charge in [0.1, 0.15) is 5.76 Å². The molecule has 1 atom stereocenters. The van der Waals surface area contributed by atoms with Crippen LogP contribution in [-0.2, 0) is 6.54 Å². The number of halogens is 1. The molecule has 2 fully saturated rings. The summed E-state index contributed by atoms with van der Waals surface area (Å²) >= 11 is 0. The molecular formula is C18H32IN5O. The quantitative estimate of drug-likeness (QED) is 0.425. The first-order valence-electron chi connectivity index (χ1n) is 9.38. The topological polar surface area (TPSA) is 56.9 Å². The van der Waals surface area contributed by atoms with Crippen LogP contribution in [0.3, 0.4) is 0 Å². The molecule has 0 aromatic carbocycles. The number of aryl methyl sites for hydroxylation is 2. The predicted octanol–water partition coefficient (Wildman–Crippen LogP) is 2.94. The first kappa shape index (κ1) is 20.5. The third kappa shape index (κ3) is 5.09. The van der Waals surface area contributed by atoms with Crippen LogP contribution in [0.2, 0.25) is 0 Å². The van der Waals surface area contributed by atoms with Crippen LogP contribution >= 0.6 is 24.0 Å². The summed E-state index contributed by atoms with van der Waals surface area (Å²) in [5, 5.41) is 7.48. The van der Waals surface area contributed by atoms with Crippen molar-refractivity contribution in [3.05, 3.63) is 17.0 Å². The minimum Gasteiger partial charge on any atom is -0.361 e. The summed E-state index contributed by atoms with van der Waals surface area (Å²) in [6, 6.07) is 0.688. The number of piperidine rings is 1. The molecule has 1 N–H and O–H groups in total. The lowest BCUT2D eigenvalue weighted by Crippen LogP contribution is -2.44. The molecule has 0 bridgehead atoms. The Labute approximate surface area is 168 Å². The van der Waals surface area contributed by atoms with Crippen LogP contribution in [0.5, 0.6) is 0 Å². The van der Waals surface area contributed by atoms with E-state index in [4.69, 9.17) is 9.52 Å². The SMILES string of the molecule is CCNC(=NCc1c(C)noc1C)N1CCC(N2CCCCC2)C1.I. The summed E-state index contributed by atoms with van der Waals surface area (Å²) in [5.41, 5.74) is 2.05. The Bertz CT molecular complexity index is 548. The maximum absolute atomic E-state index is 5.25. The van der Waals surface area contributed by atoms with E-state index < -0.39 is 0 Å². The van der Waals surface area contributed by atoms with Gasteiger partial charge in [-0.2, -0.15) is 0 Å². The van der Waals surface area contributed by atoms with Gasteiger partial charge in [-0.05, 0) is 53.1 Å². The predicted molar refractivity (Wildman–Crippen MR) is 112 cm³/mol. The average molecular weight is 461 g/mol. The number of likely N-dealkylation sites (tertiary alicyclic amines) is 2. The van der Waals surface area contributed by atoms with Gasteiger partial charge in [0, 0.05) is 31.2 Å². The number of guanidine groups is 1. The van der Waals surface area contributed by atoms with E-state index in [1.54, 1.807) is 0 Å². The lowest BCUT2D eigenvalue weighted by molar-refractivity contribution is 0.168. The molecule has 6 nitrogen and oxygen atoms in total. The summed E-state index contributed by atoms with van der Waals surface area (Å²) < 4.78 is 5.25. The van der Waals surface area contributed by atoms with E-state index in [2.05, 4.69) is 27.2 Å². The van der Waals surface area contributed by atoms with Crippen molar-refractivity contribution in [2.45, 2.75) is 59.0 Å². The van der Waals surface area contributed by atoms with E-state index >= 15 is 0 Å². The summed E-state index contributed by atoms with van der Waals surface area (Å²) in [6.45, 7) is 12.3. The third-order valence-corrected chi connectivity index (χ3v) is 5.27. The van der Waals surface area contributed by atoms with Crippen molar-refractivity contribution in [2.75, 3.05) is 32.7 Å². The van der Waals surface area contributed by atoms with Gasteiger partial charge in [0.25, 0.3) is 0 Å². The van der Waals surface area contributed by atoms with Gasteiger partial charge in [0.05, 0.1) is 12.2 Å². The Kier molecular flexibility index (Phi) is 7.99. The van der Waals surface area contributed by atoms with Gasteiger partial charge in [0.15, 0.2) is 5.96 Å². The fourth-order valence-corrected chi connectivity index (χ4v) is 3.82. The van der Waals surface area contributed by atoms with Gasteiger partial charge in [-0.25, -0.2) is 4.99 Å². The smallest absolute Gasteiger partial charge is 0.194 e. The van der Waals surface area contributed by atoms with Gasteiger partial charge in [-0.3, -0.25) is 4.90 Å². The standard InChI is InChI=1S/C18H31N5O.HI/c1-4-19-18(20-12-17-14(2)21-24-15(17)3)23-11-8-16(13-23)22-9-6-5-7-10-22;/h16H,4-13H2,1-3H3,(H,19,20);1H. The number of hydrogen-bond acceptors (Lipinski definition) is 4. The Balaban J connectivity index is 0.00000225. The van der Waals surface area contributed by atoms with Crippen molar-refractivity contribution in [2.24, 2.45) is 4.99 Å². The molecule has 0 spiro atoms. The van der Waals surface area contributed by atoms with Crippen molar-refractivity contribution in [1.82, 2.24) is 20.3 Å². The highest BCUT2D eigenvalue weighted by molar-refractivity contribution is 14.0. The molecule has 0 radical (unpaired) electrons. The fraction of sp³-hybridized carbons (Fsp3) is 0.778. The number of nitrogens with zero attached hydrogens (tertiary/aromatic N) is 4. The zero-order chi connectivity index (χ0) is 16.9. The largest absolute Gasteiger partial charge is 0.361 e. The van der Waals surface area contributed by atoms with Crippen molar-refractivity contribution in [3.8, 4) is 0 Å². The molecule has 3 heterocycles. The number of hydrogen-bond donors (Lipinski definition) is 1. The van der Waals surface area contributed by atoms with Crippen LogP contribution in [0.15, 0.2) is 9.52 Å². The molecule has 7 heteroatoms. The van der Waals surface area contributed by atoms with Gasteiger partial charge in [0.2, 0.25) is 0 Å². The number of nitrogens with one attached hydrogen (secondary N) is 1. The van der Waals surface area contributed by atoms with Crippen LogP contribution in [0.1, 0.15) is 49.6 Å².